The SMILES string of the molecule is CCC[C@H](C)Oc1nc(N)c2c(n1)N(CCCCCC1CCOCC1)C(=O)C2. The molecule has 3 rings (SSSR count). The van der Waals surface area contributed by atoms with Crippen molar-refractivity contribution in [2.75, 3.05) is 30.4 Å². The Kier molecular flexibility index (Phi) is 7.48. The first-order valence-electron chi connectivity index (χ1n) is 10.8. The Morgan fingerprint density at radius 1 is 1.25 bits per heavy atom. The smallest absolute Gasteiger partial charge is 0.320 e. The van der Waals surface area contributed by atoms with Gasteiger partial charge in [0.15, 0.2) is 0 Å². The summed E-state index contributed by atoms with van der Waals surface area (Å²) in [5.74, 6) is 1.86. The van der Waals surface area contributed by atoms with Gasteiger partial charge in [-0.1, -0.05) is 32.6 Å². The summed E-state index contributed by atoms with van der Waals surface area (Å²) in [5.41, 5.74) is 6.82. The highest BCUT2D eigenvalue weighted by atomic mass is 16.5. The molecule has 3 heterocycles. The van der Waals surface area contributed by atoms with Crippen molar-refractivity contribution in [3.8, 4) is 6.01 Å². The van der Waals surface area contributed by atoms with Gasteiger partial charge in [-0.15, -0.1) is 0 Å². The normalized spacial score (nSPS) is 18.4. The fourth-order valence-corrected chi connectivity index (χ4v) is 4.07. The molecule has 0 spiro atoms. The van der Waals surface area contributed by atoms with Gasteiger partial charge in [-0.05, 0) is 38.5 Å². The van der Waals surface area contributed by atoms with Crippen LogP contribution in [0, 0.1) is 5.92 Å². The van der Waals surface area contributed by atoms with Crippen molar-refractivity contribution in [2.24, 2.45) is 5.92 Å². The minimum absolute atomic E-state index is 0.0261. The number of nitrogen functional groups attached to an aromatic ring is 1. The van der Waals surface area contributed by atoms with Crippen LogP contribution in [-0.2, 0) is 16.0 Å². The van der Waals surface area contributed by atoms with E-state index in [1.54, 1.807) is 4.90 Å². The summed E-state index contributed by atoms with van der Waals surface area (Å²) in [7, 11) is 0. The predicted octanol–water partition coefficient (Wildman–Crippen LogP) is 3.50. The quantitative estimate of drug-likeness (QED) is 0.615. The molecule has 1 saturated heterocycles. The van der Waals surface area contributed by atoms with E-state index in [1.165, 1.54) is 25.7 Å². The Hall–Kier alpha value is -1.89. The van der Waals surface area contributed by atoms with Crippen molar-refractivity contribution in [2.45, 2.75) is 77.7 Å². The fourth-order valence-electron chi connectivity index (χ4n) is 4.07. The molecular weight excluding hydrogens is 356 g/mol. The van der Waals surface area contributed by atoms with Gasteiger partial charge in [0.2, 0.25) is 5.91 Å². The Morgan fingerprint density at radius 3 is 2.79 bits per heavy atom. The molecule has 2 aliphatic heterocycles. The molecule has 1 aromatic rings. The van der Waals surface area contributed by atoms with Crippen molar-refractivity contribution >= 4 is 17.5 Å². The lowest BCUT2D eigenvalue weighted by molar-refractivity contribution is -0.117. The molecule has 2 aliphatic rings. The molecule has 0 saturated carbocycles. The van der Waals surface area contributed by atoms with E-state index in [4.69, 9.17) is 15.2 Å². The lowest BCUT2D eigenvalue weighted by atomic mass is 9.94. The molecule has 28 heavy (non-hydrogen) atoms. The van der Waals surface area contributed by atoms with Crippen molar-refractivity contribution in [3.05, 3.63) is 5.56 Å². The lowest BCUT2D eigenvalue weighted by Gasteiger charge is -2.22. The van der Waals surface area contributed by atoms with Crippen LogP contribution in [0.15, 0.2) is 0 Å². The number of aromatic nitrogens is 2. The van der Waals surface area contributed by atoms with Gasteiger partial charge in [0, 0.05) is 25.3 Å². The Bertz CT molecular complexity index is 661. The highest BCUT2D eigenvalue weighted by molar-refractivity contribution is 6.01. The number of nitrogens with zero attached hydrogens (tertiary/aromatic N) is 3. The zero-order valence-electron chi connectivity index (χ0n) is 17.3. The molecule has 0 aromatic carbocycles. The zero-order valence-corrected chi connectivity index (χ0v) is 17.3. The maximum absolute atomic E-state index is 12.5. The summed E-state index contributed by atoms with van der Waals surface area (Å²) in [5, 5.41) is 0. The third-order valence-corrected chi connectivity index (χ3v) is 5.72. The van der Waals surface area contributed by atoms with E-state index in [0.29, 0.717) is 18.2 Å². The van der Waals surface area contributed by atoms with Crippen LogP contribution >= 0.6 is 0 Å². The molecule has 1 amide bonds. The molecule has 7 nitrogen and oxygen atoms in total. The number of carbonyl (C=O) groups is 1. The molecule has 1 fully saturated rings. The summed E-state index contributed by atoms with van der Waals surface area (Å²) >= 11 is 0. The highest BCUT2D eigenvalue weighted by Gasteiger charge is 2.32. The highest BCUT2D eigenvalue weighted by Crippen LogP contribution is 2.32. The second-order valence-electron chi connectivity index (χ2n) is 8.04. The van der Waals surface area contributed by atoms with Crippen molar-refractivity contribution < 1.29 is 14.3 Å². The van der Waals surface area contributed by atoms with Crippen LogP contribution in [0.4, 0.5) is 11.6 Å². The van der Waals surface area contributed by atoms with E-state index >= 15 is 0 Å². The number of ether oxygens (including phenoxy) is 2. The van der Waals surface area contributed by atoms with E-state index in [1.807, 2.05) is 6.92 Å². The molecule has 0 aliphatic carbocycles. The first-order chi connectivity index (χ1) is 13.6. The van der Waals surface area contributed by atoms with Gasteiger partial charge in [0.05, 0.1) is 12.5 Å². The second-order valence-corrected chi connectivity index (χ2v) is 8.04. The Morgan fingerprint density at radius 2 is 2.04 bits per heavy atom. The topological polar surface area (TPSA) is 90.6 Å². The molecule has 2 N–H and O–H groups in total. The van der Waals surface area contributed by atoms with Crippen molar-refractivity contribution in [3.63, 3.8) is 0 Å². The lowest BCUT2D eigenvalue weighted by Crippen LogP contribution is -2.28. The average Bonchev–Trinajstić information content (AvgIpc) is 2.99. The van der Waals surface area contributed by atoms with Gasteiger partial charge in [-0.25, -0.2) is 0 Å². The first-order valence-corrected chi connectivity index (χ1v) is 10.8. The summed E-state index contributed by atoms with van der Waals surface area (Å²) in [6.07, 6.45) is 9.20. The van der Waals surface area contributed by atoms with Gasteiger partial charge in [-0.3, -0.25) is 9.69 Å². The summed E-state index contributed by atoms with van der Waals surface area (Å²) < 4.78 is 11.2. The summed E-state index contributed by atoms with van der Waals surface area (Å²) in [6.45, 7) is 6.61. The van der Waals surface area contributed by atoms with Gasteiger partial charge < -0.3 is 15.2 Å². The molecule has 1 atom stereocenters. The Labute approximate surface area is 168 Å². The van der Waals surface area contributed by atoms with E-state index < -0.39 is 0 Å². The number of anilines is 2. The minimum Gasteiger partial charge on any atom is -0.460 e. The summed E-state index contributed by atoms with van der Waals surface area (Å²) in [6, 6.07) is 0.274. The molecule has 0 radical (unpaired) electrons. The zero-order chi connectivity index (χ0) is 19.9. The van der Waals surface area contributed by atoms with Crippen molar-refractivity contribution in [1.82, 2.24) is 9.97 Å². The molecular formula is C21H34N4O3. The standard InChI is InChI=1S/C21H34N4O3/c1-3-7-15(2)28-21-23-19(22)17-14-18(26)25(20(17)24-21)11-6-4-5-8-16-9-12-27-13-10-16/h15-16H,3-14H2,1-2H3,(H2,22,23,24)/t15-/m0/s1. The van der Waals surface area contributed by atoms with Crippen LogP contribution < -0.4 is 15.4 Å². The predicted molar refractivity (Wildman–Crippen MR) is 110 cm³/mol. The largest absolute Gasteiger partial charge is 0.460 e. The second kappa shape index (κ2) is 10.0. The van der Waals surface area contributed by atoms with Gasteiger partial charge in [-0.2, -0.15) is 9.97 Å². The van der Waals surface area contributed by atoms with Crippen LogP contribution in [-0.4, -0.2) is 41.7 Å². The number of nitrogens with two attached hydrogens (primary N) is 1. The van der Waals surface area contributed by atoms with Crippen LogP contribution in [0.5, 0.6) is 6.01 Å². The van der Waals surface area contributed by atoms with Gasteiger partial charge in [0.25, 0.3) is 0 Å². The molecule has 0 bridgehead atoms. The number of hydrogen-bond donors (Lipinski definition) is 1. The number of fused-ring (bicyclic) bond motifs is 1. The number of carbonyl (C=O) groups excluding carboxylic acids is 1. The van der Waals surface area contributed by atoms with Crippen LogP contribution in [0.3, 0.4) is 0 Å². The third-order valence-electron chi connectivity index (χ3n) is 5.72. The maximum Gasteiger partial charge on any atom is 0.320 e. The van der Waals surface area contributed by atoms with Gasteiger partial charge in [0.1, 0.15) is 11.6 Å². The number of hydrogen-bond acceptors (Lipinski definition) is 6. The Balaban J connectivity index is 1.53. The molecule has 1 aromatic heterocycles. The van der Waals surface area contributed by atoms with E-state index in [0.717, 1.165) is 50.4 Å². The first kappa shape index (κ1) is 20.8. The van der Waals surface area contributed by atoms with Crippen LogP contribution in [0.2, 0.25) is 0 Å². The van der Waals surface area contributed by atoms with Crippen molar-refractivity contribution in [1.29, 1.82) is 0 Å². The number of unbranched alkanes of at least 4 members (excludes halogenated alkanes) is 2. The molecule has 156 valence electrons. The minimum atomic E-state index is 0.0261. The molecule has 7 heteroatoms. The van der Waals surface area contributed by atoms with E-state index in [-0.39, 0.29) is 24.4 Å². The van der Waals surface area contributed by atoms with Crippen LogP contribution in [0.1, 0.15) is 70.8 Å². The average molecular weight is 391 g/mol. The third kappa shape index (κ3) is 5.34. The van der Waals surface area contributed by atoms with E-state index in [2.05, 4.69) is 16.9 Å². The van der Waals surface area contributed by atoms with E-state index in [9.17, 15) is 4.79 Å². The molecule has 0 unspecified atom stereocenters. The monoisotopic (exact) mass is 390 g/mol. The number of rotatable bonds is 10. The maximum atomic E-state index is 12.5. The number of amides is 1. The van der Waals surface area contributed by atoms with Gasteiger partial charge >= 0.3 is 6.01 Å². The summed E-state index contributed by atoms with van der Waals surface area (Å²) in [4.78, 5) is 23.0. The fraction of sp³-hybridized carbons (Fsp3) is 0.762. The van der Waals surface area contributed by atoms with Crippen LogP contribution in [0.25, 0.3) is 0 Å².